The van der Waals surface area contributed by atoms with Crippen molar-refractivity contribution in [1.29, 1.82) is 0 Å². The van der Waals surface area contributed by atoms with Gasteiger partial charge in [0.05, 0.1) is 17.1 Å². The summed E-state index contributed by atoms with van der Waals surface area (Å²) in [5, 5.41) is 2.90. The van der Waals surface area contributed by atoms with Crippen molar-refractivity contribution < 1.29 is 31.9 Å². The molecule has 222 valence electrons. The summed E-state index contributed by atoms with van der Waals surface area (Å²) in [6.45, 7) is 4.37. The molecule has 0 bridgehead atoms. The van der Waals surface area contributed by atoms with Gasteiger partial charge in [-0.25, -0.2) is 18.2 Å². The summed E-state index contributed by atoms with van der Waals surface area (Å²) in [5.41, 5.74) is 2.39. The van der Waals surface area contributed by atoms with E-state index < -0.39 is 22.0 Å². The van der Waals surface area contributed by atoms with E-state index in [9.17, 15) is 18.0 Å². The third kappa shape index (κ3) is 5.35. The first-order valence-electron chi connectivity index (χ1n) is 14.0. The summed E-state index contributed by atoms with van der Waals surface area (Å²) in [6.07, 6.45) is 0.229. The number of piperidine rings is 1. The van der Waals surface area contributed by atoms with Crippen LogP contribution in [0.15, 0.2) is 63.7 Å². The van der Waals surface area contributed by atoms with Gasteiger partial charge in [0.2, 0.25) is 21.8 Å². The van der Waals surface area contributed by atoms with Crippen LogP contribution in [0.1, 0.15) is 29.6 Å². The molecule has 2 aromatic carbocycles. The number of benzene rings is 2. The maximum absolute atomic E-state index is 13.3. The number of carbonyl (C=O) groups excluding carboxylic acids is 2. The van der Waals surface area contributed by atoms with Crippen molar-refractivity contribution in [3.05, 3.63) is 65.9 Å². The Morgan fingerprint density at radius 3 is 2.50 bits per heavy atom. The number of ether oxygens (including phenoxy) is 2. The first-order valence-corrected chi connectivity index (χ1v) is 15.5. The van der Waals surface area contributed by atoms with E-state index in [1.54, 1.807) is 6.92 Å². The first kappa shape index (κ1) is 28.2. The largest absolute Gasteiger partial charge is 0.473 e. The van der Waals surface area contributed by atoms with Crippen molar-refractivity contribution in [2.75, 3.05) is 52.9 Å². The number of sulfonamides is 1. The molecule has 1 aromatic heterocycles. The molecule has 0 radical (unpaired) electrons. The van der Waals surface area contributed by atoms with Crippen molar-refractivity contribution in [2.24, 2.45) is 5.92 Å². The number of piperazine rings is 1. The minimum atomic E-state index is -3.80. The van der Waals surface area contributed by atoms with E-state index in [-0.39, 0.29) is 55.3 Å². The highest BCUT2D eigenvalue weighted by molar-refractivity contribution is 7.89. The lowest BCUT2D eigenvalue weighted by Gasteiger charge is -2.33. The fourth-order valence-electron chi connectivity index (χ4n) is 5.67. The van der Waals surface area contributed by atoms with Crippen LogP contribution in [0.3, 0.4) is 0 Å². The second kappa shape index (κ2) is 11.4. The molecule has 42 heavy (non-hydrogen) atoms. The lowest BCUT2D eigenvalue weighted by atomic mass is 9.88. The Labute approximate surface area is 243 Å². The van der Waals surface area contributed by atoms with Crippen molar-refractivity contribution in [3.8, 4) is 0 Å². The smallest absolute Gasteiger partial charge is 0.409 e. The van der Waals surface area contributed by atoms with Crippen molar-refractivity contribution in [1.82, 2.24) is 24.4 Å². The number of fused-ring (bicyclic) bond motifs is 2. The molecule has 0 saturated carbocycles. The van der Waals surface area contributed by atoms with Gasteiger partial charge in [0.25, 0.3) is 5.91 Å². The molecule has 2 saturated heterocycles. The Kier molecular flexibility index (Phi) is 7.64. The van der Waals surface area contributed by atoms with E-state index in [0.29, 0.717) is 23.9 Å². The summed E-state index contributed by atoms with van der Waals surface area (Å²) in [5.74, 6) is 0.320. The lowest BCUT2D eigenvalue weighted by Crippen LogP contribution is -2.50. The Balaban J connectivity index is 1.19. The summed E-state index contributed by atoms with van der Waals surface area (Å²) < 4.78 is 45.1. The average molecular weight is 596 g/mol. The van der Waals surface area contributed by atoms with Gasteiger partial charge in [0.15, 0.2) is 5.58 Å². The Morgan fingerprint density at radius 2 is 1.79 bits per heavy atom. The van der Waals surface area contributed by atoms with Gasteiger partial charge in [-0.15, -0.1) is 0 Å². The molecular weight excluding hydrogens is 562 g/mol. The van der Waals surface area contributed by atoms with Crippen LogP contribution in [-0.2, 0) is 19.5 Å². The predicted octanol–water partition coefficient (Wildman–Crippen LogP) is 2.74. The molecule has 4 heterocycles. The zero-order valence-electron chi connectivity index (χ0n) is 23.5. The number of aromatic nitrogens is 1. The number of nitrogens with one attached hydrogen (secondary N) is 1. The minimum Gasteiger partial charge on any atom is -0.473 e. The highest BCUT2D eigenvalue weighted by Crippen LogP contribution is 2.42. The summed E-state index contributed by atoms with van der Waals surface area (Å²) in [6, 6.07) is 13.3. The van der Waals surface area contributed by atoms with Crippen molar-refractivity contribution in [2.45, 2.75) is 24.3 Å². The van der Waals surface area contributed by atoms with Crippen LogP contribution in [0.25, 0.3) is 16.7 Å². The van der Waals surface area contributed by atoms with Gasteiger partial charge in [-0.1, -0.05) is 12.1 Å². The Hall–Kier alpha value is -3.94. The standard InChI is InChI=1S/C29H33N5O7S/c1-3-39-29(36)33-14-16-34(17-15-33)42(37,38)20-10-8-19(9-11-20)26(35)31-28-25(21-12-13-32(2)18-24(21)41-28)27-30-22-6-4-5-7-23(22)40-27/h4-11,21,24H,3,12-18H2,1-2H3,(H,31,35). The van der Waals surface area contributed by atoms with E-state index in [2.05, 4.69) is 15.2 Å². The average Bonchev–Trinajstić information content (AvgIpc) is 3.57. The molecular formula is C29H33N5O7S. The zero-order chi connectivity index (χ0) is 29.4. The number of hydrogen-bond donors (Lipinski definition) is 1. The summed E-state index contributed by atoms with van der Waals surface area (Å²) >= 11 is 0. The highest BCUT2D eigenvalue weighted by Gasteiger charge is 2.43. The monoisotopic (exact) mass is 595 g/mol. The van der Waals surface area contributed by atoms with E-state index in [4.69, 9.17) is 13.9 Å². The van der Waals surface area contributed by atoms with Gasteiger partial charge in [0, 0.05) is 44.2 Å². The number of rotatable bonds is 6. The van der Waals surface area contributed by atoms with Gasteiger partial charge in [0.1, 0.15) is 11.6 Å². The molecule has 0 aliphatic carbocycles. The van der Waals surface area contributed by atoms with Crippen LogP contribution in [-0.4, -0.2) is 98.5 Å². The SMILES string of the molecule is CCOC(=O)N1CCN(S(=O)(=O)c2ccc(C(=O)NC3=C(c4nc5ccccc5o4)C4CCN(C)CC4O3)cc2)CC1. The van der Waals surface area contributed by atoms with Gasteiger partial charge in [-0.3, -0.25) is 10.1 Å². The van der Waals surface area contributed by atoms with E-state index in [1.165, 1.54) is 33.5 Å². The van der Waals surface area contributed by atoms with Crippen LogP contribution < -0.4 is 5.32 Å². The zero-order valence-corrected chi connectivity index (χ0v) is 24.3. The number of hydrogen-bond acceptors (Lipinski definition) is 9. The highest BCUT2D eigenvalue weighted by atomic mass is 32.2. The molecule has 12 nitrogen and oxygen atoms in total. The maximum atomic E-state index is 13.3. The summed E-state index contributed by atoms with van der Waals surface area (Å²) in [4.78, 5) is 33.7. The fraction of sp³-hybridized carbons (Fsp3) is 0.414. The van der Waals surface area contributed by atoms with Gasteiger partial charge < -0.3 is 23.7 Å². The Morgan fingerprint density at radius 1 is 1.05 bits per heavy atom. The number of carbonyl (C=O) groups is 2. The third-order valence-corrected chi connectivity index (χ3v) is 9.83. The van der Waals surface area contributed by atoms with Gasteiger partial charge in [-0.2, -0.15) is 4.31 Å². The second-order valence-corrected chi connectivity index (χ2v) is 12.5. The predicted molar refractivity (Wildman–Crippen MR) is 153 cm³/mol. The quantitative estimate of drug-likeness (QED) is 0.457. The normalized spacial score (nSPS) is 21.7. The number of amides is 2. The molecule has 2 unspecified atom stereocenters. The van der Waals surface area contributed by atoms with Crippen molar-refractivity contribution >= 4 is 38.7 Å². The molecule has 13 heteroatoms. The Bertz CT molecular complexity index is 1590. The van der Waals surface area contributed by atoms with Crippen LogP contribution in [0.5, 0.6) is 0 Å². The molecule has 3 aromatic rings. The van der Waals surface area contributed by atoms with E-state index in [0.717, 1.165) is 24.1 Å². The van der Waals surface area contributed by atoms with Crippen LogP contribution >= 0.6 is 0 Å². The van der Waals surface area contributed by atoms with E-state index >= 15 is 0 Å². The topological polar surface area (TPSA) is 135 Å². The van der Waals surface area contributed by atoms with Gasteiger partial charge in [-0.05, 0) is 63.3 Å². The fourth-order valence-corrected chi connectivity index (χ4v) is 7.09. The second-order valence-electron chi connectivity index (χ2n) is 10.6. The third-order valence-electron chi connectivity index (χ3n) is 7.92. The van der Waals surface area contributed by atoms with Crippen LogP contribution in [0.2, 0.25) is 0 Å². The molecule has 3 aliphatic heterocycles. The van der Waals surface area contributed by atoms with Crippen LogP contribution in [0.4, 0.5) is 4.79 Å². The molecule has 2 fully saturated rings. The minimum absolute atomic E-state index is 0.0152. The van der Waals surface area contributed by atoms with Crippen molar-refractivity contribution in [3.63, 3.8) is 0 Å². The number of nitrogens with zero attached hydrogens (tertiary/aromatic N) is 4. The number of para-hydroxylation sites is 2. The molecule has 0 spiro atoms. The first-order chi connectivity index (χ1) is 20.2. The van der Waals surface area contributed by atoms with E-state index in [1.807, 2.05) is 31.3 Å². The molecule has 1 N–H and O–H groups in total. The molecule has 2 amide bonds. The number of likely N-dealkylation sites (N-methyl/N-ethyl adjacent to an activating group) is 1. The number of oxazole rings is 1. The lowest BCUT2D eigenvalue weighted by molar-refractivity contribution is 0.0403. The maximum Gasteiger partial charge on any atom is 0.409 e. The van der Waals surface area contributed by atoms with Crippen LogP contribution in [0, 0.1) is 5.92 Å². The summed E-state index contributed by atoms with van der Waals surface area (Å²) in [7, 11) is -1.77. The van der Waals surface area contributed by atoms with Gasteiger partial charge >= 0.3 is 6.09 Å². The molecule has 6 rings (SSSR count). The molecule has 3 aliphatic rings. The molecule has 2 atom stereocenters. The number of likely N-dealkylation sites (tertiary alicyclic amines) is 1.